The molecule has 0 heterocycles. The third kappa shape index (κ3) is 120. The summed E-state index contributed by atoms with van der Waals surface area (Å²) in [4.78, 5) is 9.84. The number of allylic oxidation sites excluding steroid dienone is 3. The van der Waals surface area contributed by atoms with Crippen molar-refractivity contribution in [3.05, 3.63) is 50.6 Å². The van der Waals surface area contributed by atoms with Crippen molar-refractivity contribution >= 4 is 5.97 Å². The highest BCUT2D eigenvalue weighted by Crippen LogP contribution is 1.67. The first-order valence-corrected chi connectivity index (χ1v) is 4.28. The minimum absolute atomic E-state index is 0.394. The van der Waals surface area contributed by atoms with Crippen LogP contribution in [0.4, 0.5) is 0 Å². The molecule has 0 radical (unpaired) electrons. The number of ether oxygens (including phenoxy) is 1. The lowest BCUT2D eigenvalue weighted by Gasteiger charge is -1.83. The van der Waals surface area contributed by atoms with Gasteiger partial charge >= 0.3 is 5.97 Å². The SMILES string of the molecule is C=CC#N.C=CC#N.C=CC#N.C=CC(=O)OC. The molecule has 0 rings (SSSR count). The maximum atomic E-state index is 9.84. The van der Waals surface area contributed by atoms with Gasteiger partial charge in [0.05, 0.1) is 25.3 Å². The van der Waals surface area contributed by atoms with Gasteiger partial charge in [0.15, 0.2) is 0 Å². The average Bonchev–Trinajstić information content (AvgIpc) is 2.46. The van der Waals surface area contributed by atoms with Gasteiger partial charge in [-0.3, -0.25) is 0 Å². The third-order valence-corrected chi connectivity index (χ3v) is 0.642. The second-order valence-electron chi connectivity index (χ2n) is 1.73. The van der Waals surface area contributed by atoms with Crippen LogP contribution >= 0.6 is 0 Å². The number of carbonyl (C=O) groups excluding carboxylic acids is 1. The lowest BCUT2D eigenvalue weighted by atomic mass is 10.7. The van der Waals surface area contributed by atoms with Gasteiger partial charge in [-0.2, -0.15) is 15.8 Å². The van der Waals surface area contributed by atoms with Crippen LogP contribution in [0.15, 0.2) is 50.6 Å². The molecular formula is C13H15N3O2. The van der Waals surface area contributed by atoms with E-state index in [1.165, 1.54) is 25.3 Å². The molecule has 0 unspecified atom stereocenters. The van der Waals surface area contributed by atoms with Gasteiger partial charge in [0.2, 0.25) is 0 Å². The molecule has 0 aromatic heterocycles. The molecule has 0 spiro atoms. The molecule has 0 bridgehead atoms. The number of nitriles is 3. The fourth-order valence-electron chi connectivity index (χ4n) is 0.0833. The Labute approximate surface area is 108 Å². The van der Waals surface area contributed by atoms with Crippen molar-refractivity contribution in [2.24, 2.45) is 0 Å². The maximum absolute atomic E-state index is 9.84. The third-order valence-electron chi connectivity index (χ3n) is 0.642. The van der Waals surface area contributed by atoms with Crippen LogP contribution in [0.1, 0.15) is 0 Å². The van der Waals surface area contributed by atoms with Crippen molar-refractivity contribution in [3.63, 3.8) is 0 Å². The van der Waals surface area contributed by atoms with Crippen LogP contribution in [-0.2, 0) is 9.53 Å². The molecular weight excluding hydrogens is 230 g/mol. The first-order valence-electron chi connectivity index (χ1n) is 4.28. The zero-order chi connectivity index (χ0) is 15.2. The van der Waals surface area contributed by atoms with Gasteiger partial charge < -0.3 is 4.74 Å². The summed E-state index contributed by atoms with van der Waals surface area (Å²) >= 11 is 0. The van der Waals surface area contributed by atoms with Crippen LogP contribution < -0.4 is 0 Å². The molecule has 94 valence electrons. The van der Waals surface area contributed by atoms with Crippen LogP contribution in [0.3, 0.4) is 0 Å². The molecule has 0 fully saturated rings. The Bertz CT molecular complexity index is 322. The number of hydrogen-bond acceptors (Lipinski definition) is 5. The van der Waals surface area contributed by atoms with Gasteiger partial charge in [-0.1, -0.05) is 26.3 Å². The van der Waals surface area contributed by atoms with Crippen molar-refractivity contribution in [1.82, 2.24) is 0 Å². The van der Waals surface area contributed by atoms with Gasteiger partial charge in [-0.25, -0.2) is 4.79 Å². The van der Waals surface area contributed by atoms with E-state index in [1.54, 1.807) is 18.2 Å². The maximum Gasteiger partial charge on any atom is 0.329 e. The van der Waals surface area contributed by atoms with Crippen molar-refractivity contribution in [2.75, 3.05) is 7.11 Å². The van der Waals surface area contributed by atoms with E-state index in [2.05, 4.69) is 31.1 Å². The zero-order valence-electron chi connectivity index (χ0n) is 10.3. The molecule has 0 N–H and O–H groups in total. The molecule has 0 aliphatic rings. The number of carbonyl (C=O) groups is 1. The molecule has 0 saturated heterocycles. The topological polar surface area (TPSA) is 97.7 Å². The molecule has 0 aromatic rings. The van der Waals surface area contributed by atoms with Gasteiger partial charge in [0, 0.05) is 24.3 Å². The minimum atomic E-state index is -0.394. The molecule has 0 saturated carbocycles. The van der Waals surface area contributed by atoms with Crippen molar-refractivity contribution in [1.29, 1.82) is 15.8 Å². The lowest BCUT2D eigenvalue weighted by molar-refractivity contribution is -0.134. The van der Waals surface area contributed by atoms with Crippen molar-refractivity contribution < 1.29 is 9.53 Å². The van der Waals surface area contributed by atoms with Gasteiger partial charge in [-0.15, -0.1) is 0 Å². The summed E-state index contributed by atoms with van der Waals surface area (Å²) in [5.41, 5.74) is 0. The molecule has 0 aromatic carbocycles. The fourth-order valence-corrected chi connectivity index (χ4v) is 0.0833. The van der Waals surface area contributed by atoms with Gasteiger partial charge in [0.1, 0.15) is 0 Å². The second-order valence-corrected chi connectivity index (χ2v) is 1.73. The second kappa shape index (κ2) is 37.1. The zero-order valence-corrected chi connectivity index (χ0v) is 10.3. The Morgan fingerprint density at radius 2 is 1.17 bits per heavy atom. The summed E-state index contributed by atoms with van der Waals surface area (Å²) in [5.74, 6) is -0.394. The molecule has 0 atom stereocenters. The molecule has 5 nitrogen and oxygen atoms in total. The summed E-state index contributed by atoms with van der Waals surface area (Å²) in [6, 6.07) is 5.08. The van der Waals surface area contributed by atoms with E-state index >= 15 is 0 Å². The predicted octanol–water partition coefficient (Wildman–Crippen LogP) is 2.43. The van der Waals surface area contributed by atoms with Gasteiger partial charge in [0.25, 0.3) is 0 Å². The minimum Gasteiger partial charge on any atom is -0.466 e. The largest absolute Gasteiger partial charge is 0.466 e. The Morgan fingerprint density at radius 3 is 1.17 bits per heavy atom. The van der Waals surface area contributed by atoms with E-state index in [0.717, 1.165) is 6.08 Å². The lowest BCUT2D eigenvalue weighted by Crippen LogP contribution is -1.91. The van der Waals surface area contributed by atoms with Crippen molar-refractivity contribution in [3.8, 4) is 18.2 Å². The summed E-state index contributed by atoms with van der Waals surface area (Å²) in [6.07, 6.45) is 4.65. The van der Waals surface area contributed by atoms with E-state index < -0.39 is 5.97 Å². The number of esters is 1. The Morgan fingerprint density at radius 1 is 0.944 bits per heavy atom. The first kappa shape index (κ1) is 24.2. The Balaban J connectivity index is -0.0000000742. The number of methoxy groups -OCH3 is 1. The summed E-state index contributed by atoms with van der Waals surface area (Å²) in [7, 11) is 1.31. The number of nitrogens with zero attached hydrogens (tertiary/aromatic N) is 3. The fraction of sp³-hybridized carbons (Fsp3) is 0.0769. The van der Waals surface area contributed by atoms with Crippen LogP contribution in [-0.4, -0.2) is 13.1 Å². The summed E-state index contributed by atoms with van der Waals surface area (Å²) < 4.78 is 4.14. The van der Waals surface area contributed by atoms with Crippen LogP contribution in [0.2, 0.25) is 0 Å². The van der Waals surface area contributed by atoms with Crippen LogP contribution in [0.5, 0.6) is 0 Å². The standard InChI is InChI=1S/C4H6O2.3C3H3N/c1-3-4(5)6-2;3*1-2-3-4/h3H,1H2,2H3;3*2H,1H2. The van der Waals surface area contributed by atoms with Gasteiger partial charge in [-0.05, 0) is 0 Å². The van der Waals surface area contributed by atoms with E-state index in [0.29, 0.717) is 0 Å². The molecule has 5 heteroatoms. The summed E-state index contributed by atoms with van der Waals surface area (Å²) in [6.45, 7) is 12.5. The highest BCUT2D eigenvalue weighted by Gasteiger charge is 1.81. The Kier molecular flexibility index (Phi) is 49.9. The molecule has 0 aliphatic carbocycles. The number of rotatable bonds is 1. The van der Waals surface area contributed by atoms with E-state index in [1.807, 2.05) is 0 Å². The molecule has 18 heavy (non-hydrogen) atoms. The van der Waals surface area contributed by atoms with E-state index in [4.69, 9.17) is 15.8 Å². The van der Waals surface area contributed by atoms with Crippen LogP contribution in [0, 0.1) is 34.0 Å². The normalized spacial score (nSPS) is 4.78. The van der Waals surface area contributed by atoms with E-state index in [-0.39, 0.29) is 0 Å². The number of hydrogen-bond donors (Lipinski definition) is 0. The molecule has 0 amide bonds. The van der Waals surface area contributed by atoms with Crippen molar-refractivity contribution in [2.45, 2.75) is 0 Å². The monoisotopic (exact) mass is 245 g/mol. The quantitative estimate of drug-likeness (QED) is 0.401. The smallest absolute Gasteiger partial charge is 0.329 e. The predicted molar refractivity (Wildman–Crippen MR) is 69.6 cm³/mol. The highest BCUT2D eigenvalue weighted by atomic mass is 16.5. The molecule has 0 aliphatic heterocycles. The first-order chi connectivity index (χ1) is 8.55. The summed E-state index contributed by atoms with van der Waals surface area (Å²) in [5, 5.41) is 22.5. The Hall–Kier alpha value is -3.10. The van der Waals surface area contributed by atoms with E-state index in [9.17, 15) is 4.79 Å². The highest BCUT2D eigenvalue weighted by molar-refractivity contribution is 5.80. The average molecular weight is 245 g/mol. The van der Waals surface area contributed by atoms with Crippen LogP contribution in [0.25, 0.3) is 0 Å².